The first-order valence-electron chi connectivity index (χ1n) is 9.28. The summed E-state index contributed by atoms with van der Waals surface area (Å²) in [4.78, 5) is 43.9. The Morgan fingerprint density at radius 1 is 1.15 bits per heavy atom. The number of aryl methyl sites for hydroxylation is 2. The van der Waals surface area contributed by atoms with E-state index in [1.54, 1.807) is 30.6 Å². The Kier molecular flexibility index (Phi) is 5.29. The summed E-state index contributed by atoms with van der Waals surface area (Å²) in [6.07, 6.45) is 9.37. The molecule has 0 bridgehead atoms. The van der Waals surface area contributed by atoms with E-state index in [4.69, 9.17) is 0 Å². The first kappa shape index (κ1) is 18.4. The summed E-state index contributed by atoms with van der Waals surface area (Å²) in [5, 5.41) is 0. The van der Waals surface area contributed by atoms with Crippen LogP contribution in [-0.2, 0) is 25.4 Å². The van der Waals surface area contributed by atoms with E-state index in [0.717, 1.165) is 30.3 Å². The maximum atomic E-state index is 12.8. The normalized spacial score (nSPS) is 16.4. The van der Waals surface area contributed by atoms with Crippen LogP contribution in [0.4, 0.5) is 0 Å². The molecule has 2 heterocycles. The molecule has 0 saturated heterocycles. The zero-order valence-corrected chi connectivity index (χ0v) is 15.8. The second-order valence-corrected chi connectivity index (χ2v) is 7.26. The monoisotopic (exact) mass is 361 g/mol. The summed E-state index contributed by atoms with van der Waals surface area (Å²) in [6.45, 7) is -0.236. The topological polar surface area (TPSA) is 82.1 Å². The van der Waals surface area contributed by atoms with Gasteiger partial charge in [-0.2, -0.15) is 0 Å². The van der Waals surface area contributed by atoms with Gasteiger partial charge in [0.05, 0.1) is 6.33 Å². The third kappa shape index (κ3) is 3.32. The lowest BCUT2D eigenvalue weighted by Crippen LogP contribution is -2.46. The number of carbonyl (C=O) groups is 1. The van der Waals surface area contributed by atoms with Crippen LogP contribution in [0.5, 0.6) is 0 Å². The molecule has 0 radical (unpaired) electrons. The molecule has 0 spiro atoms. The summed E-state index contributed by atoms with van der Waals surface area (Å²) in [6, 6.07) is 0.183. The summed E-state index contributed by atoms with van der Waals surface area (Å²) < 4.78 is 3.92. The van der Waals surface area contributed by atoms with Gasteiger partial charge >= 0.3 is 5.69 Å². The van der Waals surface area contributed by atoms with E-state index in [0.29, 0.717) is 11.2 Å². The summed E-state index contributed by atoms with van der Waals surface area (Å²) >= 11 is 0. The van der Waals surface area contributed by atoms with Gasteiger partial charge in [-0.15, -0.1) is 0 Å². The highest BCUT2D eigenvalue weighted by Crippen LogP contribution is 2.20. The molecule has 26 heavy (non-hydrogen) atoms. The molecule has 0 atom stereocenters. The molecule has 2 aromatic heterocycles. The van der Waals surface area contributed by atoms with Crippen molar-refractivity contribution in [3.05, 3.63) is 27.2 Å². The number of amides is 1. The molecule has 0 N–H and O–H groups in total. The Morgan fingerprint density at radius 2 is 1.77 bits per heavy atom. The second kappa shape index (κ2) is 7.47. The van der Waals surface area contributed by atoms with E-state index < -0.39 is 11.2 Å². The fourth-order valence-corrected chi connectivity index (χ4v) is 3.81. The maximum absolute atomic E-state index is 12.8. The molecule has 8 nitrogen and oxygen atoms in total. The lowest BCUT2D eigenvalue weighted by molar-refractivity contribution is -0.133. The molecule has 1 fully saturated rings. The zero-order chi connectivity index (χ0) is 18.8. The molecule has 0 aliphatic heterocycles. The highest BCUT2D eigenvalue weighted by Gasteiger charge is 2.23. The number of hydrogen-bond donors (Lipinski definition) is 0. The van der Waals surface area contributed by atoms with Gasteiger partial charge in [0.15, 0.2) is 11.2 Å². The van der Waals surface area contributed by atoms with Crippen LogP contribution < -0.4 is 11.2 Å². The Morgan fingerprint density at radius 3 is 2.42 bits per heavy atom. The molecule has 8 heteroatoms. The Hall–Kier alpha value is -2.38. The highest BCUT2D eigenvalue weighted by molar-refractivity contribution is 5.77. The van der Waals surface area contributed by atoms with E-state index in [2.05, 4.69) is 4.98 Å². The molecule has 1 aliphatic rings. The summed E-state index contributed by atoms with van der Waals surface area (Å²) in [5.41, 5.74) is -0.323. The van der Waals surface area contributed by atoms with Crippen molar-refractivity contribution in [3.8, 4) is 0 Å². The van der Waals surface area contributed by atoms with Gasteiger partial charge < -0.3 is 9.47 Å². The van der Waals surface area contributed by atoms with Crippen molar-refractivity contribution in [3.63, 3.8) is 0 Å². The van der Waals surface area contributed by atoms with Crippen molar-refractivity contribution < 1.29 is 4.79 Å². The van der Waals surface area contributed by atoms with Crippen molar-refractivity contribution in [2.24, 2.45) is 14.1 Å². The molecule has 1 aliphatic carbocycles. The predicted molar refractivity (Wildman–Crippen MR) is 99.1 cm³/mol. The SMILES string of the molecule is CN(C(=O)Cn1c(=O)c2c(ncn2C)n(C)c1=O)C1CCCCCCC1. The molecule has 2 aromatic rings. The maximum Gasteiger partial charge on any atom is 0.332 e. The van der Waals surface area contributed by atoms with Crippen LogP contribution in [0.1, 0.15) is 44.9 Å². The molecule has 0 aromatic carbocycles. The number of nitrogens with zero attached hydrogens (tertiary/aromatic N) is 5. The number of hydrogen-bond acceptors (Lipinski definition) is 4. The number of fused-ring (bicyclic) bond motifs is 1. The van der Waals surface area contributed by atoms with Gasteiger partial charge in [0.2, 0.25) is 5.91 Å². The molecule has 142 valence electrons. The predicted octanol–water partition coefficient (Wildman–Crippen LogP) is 1.00. The molecule has 1 saturated carbocycles. The average Bonchev–Trinajstić information content (AvgIpc) is 2.97. The fraction of sp³-hybridized carbons (Fsp3) is 0.667. The van der Waals surface area contributed by atoms with Gasteiger partial charge in [0.25, 0.3) is 5.56 Å². The van der Waals surface area contributed by atoms with Gasteiger partial charge in [0.1, 0.15) is 6.54 Å². The standard InChI is InChI=1S/C18H27N5O3/c1-20-12-19-16-15(20)17(25)23(18(26)22(16)3)11-14(24)21(2)13-9-7-5-4-6-8-10-13/h12-13H,4-11H2,1-3H3. The minimum absolute atomic E-state index is 0.183. The Bertz CT molecular complexity index is 915. The lowest BCUT2D eigenvalue weighted by atomic mass is 9.96. The van der Waals surface area contributed by atoms with Gasteiger partial charge in [-0.25, -0.2) is 14.3 Å². The van der Waals surface area contributed by atoms with E-state index >= 15 is 0 Å². The van der Waals surface area contributed by atoms with Crippen molar-refractivity contribution in [2.45, 2.75) is 57.5 Å². The van der Waals surface area contributed by atoms with Crippen LogP contribution in [0.2, 0.25) is 0 Å². The zero-order valence-electron chi connectivity index (χ0n) is 15.8. The second-order valence-electron chi connectivity index (χ2n) is 7.26. The van der Waals surface area contributed by atoms with Gasteiger partial charge in [-0.3, -0.25) is 14.2 Å². The number of aromatic nitrogens is 4. The first-order valence-corrected chi connectivity index (χ1v) is 9.28. The smallest absolute Gasteiger partial charge is 0.332 e. The largest absolute Gasteiger partial charge is 0.341 e. The average molecular weight is 361 g/mol. The van der Waals surface area contributed by atoms with Gasteiger partial charge in [0, 0.05) is 27.2 Å². The number of rotatable bonds is 3. The highest BCUT2D eigenvalue weighted by atomic mass is 16.2. The minimum atomic E-state index is -0.513. The molecule has 1 amide bonds. The molecule has 3 rings (SSSR count). The molecular formula is C18H27N5O3. The third-order valence-corrected chi connectivity index (χ3v) is 5.51. The van der Waals surface area contributed by atoms with E-state index in [1.807, 2.05) is 0 Å². The van der Waals surface area contributed by atoms with Crippen molar-refractivity contribution in [1.82, 2.24) is 23.6 Å². The molecular weight excluding hydrogens is 334 g/mol. The van der Waals surface area contributed by atoms with E-state index in [1.165, 1.54) is 30.2 Å². The van der Waals surface area contributed by atoms with Gasteiger partial charge in [-0.05, 0) is 12.8 Å². The van der Waals surface area contributed by atoms with E-state index in [-0.39, 0.29) is 18.5 Å². The van der Waals surface area contributed by atoms with Crippen LogP contribution >= 0.6 is 0 Å². The number of likely N-dealkylation sites (N-methyl/N-ethyl adjacent to an activating group) is 1. The van der Waals surface area contributed by atoms with Crippen molar-refractivity contribution >= 4 is 17.1 Å². The first-order chi connectivity index (χ1) is 12.4. The van der Waals surface area contributed by atoms with Crippen LogP contribution in [0.25, 0.3) is 11.2 Å². The summed E-state index contributed by atoms with van der Waals surface area (Å²) in [7, 11) is 5.05. The third-order valence-electron chi connectivity index (χ3n) is 5.51. The van der Waals surface area contributed by atoms with Crippen molar-refractivity contribution in [1.29, 1.82) is 0 Å². The minimum Gasteiger partial charge on any atom is -0.341 e. The van der Waals surface area contributed by atoms with Crippen LogP contribution in [-0.4, -0.2) is 42.6 Å². The molecule has 0 unspecified atom stereocenters. The van der Waals surface area contributed by atoms with Crippen LogP contribution in [0.3, 0.4) is 0 Å². The van der Waals surface area contributed by atoms with Gasteiger partial charge in [-0.1, -0.05) is 32.1 Å². The van der Waals surface area contributed by atoms with E-state index in [9.17, 15) is 14.4 Å². The Balaban J connectivity index is 1.88. The summed E-state index contributed by atoms with van der Waals surface area (Å²) in [5.74, 6) is -0.198. The lowest BCUT2D eigenvalue weighted by Gasteiger charge is -2.30. The van der Waals surface area contributed by atoms with Crippen molar-refractivity contribution in [2.75, 3.05) is 7.05 Å². The van der Waals surface area contributed by atoms with Crippen LogP contribution in [0, 0.1) is 0 Å². The number of imidazole rings is 1. The quantitative estimate of drug-likeness (QED) is 0.817. The number of carbonyl (C=O) groups excluding carboxylic acids is 1. The fourth-order valence-electron chi connectivity index (χ4n) is 3.81. The Labute approximate surface area is 152 Å². The van der Waals surface area contributed by atoms with Crippen LogP contribution in [0.15, 0.2) is 15.9 Å².